The van der Waals surface area contributed by atoms with Gasteiger partial charge in [-0.2, -0.15) is 0 Å². The lowest BCUT2D eigenvalue weighted by atomic mass is 10.1. The minimum absolute atomic E-state index is 0.0624. The minimum atomic E-state index is -0.114. The number of ketones is 1. The Morgan fingerprint density at radius 2 is 1.79 bits per heavy atom. The van der Waals surface area contributed by atoms with Crippen LogP contribution in [0.3, 0.4) is 0 Å². The highest BCUT2D eigenvalue weighted by molar-refractivity contribution is 9.10. The Morgan fingerprint density at radius 1 is 1.11 bits per heavy atom. The largest absolute Gasteiger partial charge is 0.485 e. The van der Waals surface area contributed by atoms with Gasteiger partial charge in [0, 0.05) is 20.1 Å². The van der Waals surface area contributed by atoms with E-state index in [1.54, 1.807) is 36.4 Å². The van der Waals surface area contributed by atoms with Gasteiger partial charge in [0.25, 0.3) is 0 Å². The van der Waals surface area contributed by atoms with Crippen LogP contribution in [-0.2, 0) is 0 Å². The number of benzene rings is 2. The van der Waals surface area contributed by atoms with Gasteiger partial charge in [-0.05, 0) is 30.3 Å². The van der Waals surface area contributed by atoms with E-state index in [9.17, 15) is 4.79 Å². The summed E-state index contributed by atoms with van der Waals surface area (Å²) in [7, 11) is 0. The third-order valence-electron chi connectivity index (χ3n) is 2.35. The first-order valence-corrected chi connectivity index (χ1v) is 6.97. The van der Waals surface area contributed by atoms with Gasteiger partial charge < -0.3 is 4.74 Å². The number of hydrogen-bond donors (Lipinski definition) is 0. The van der Waals surface area contributed by atoms with Gasteiger partial charge in [-0.1, -0.05) is 51.3 Å². The van der Waals surface area contributed by atoms with Crippen molar-refractivity contribution in [2.24, 2.45) is 0 Å². The number of rotatable bonds is 4. The van der Waals surface area contributed by atoms with Crippen molar-refractivity contribution < 1.29 is 9.53 Å². The summed E-state index contributed by atoms with van der Waals surface area (Å²) >= 11 is 15.0. The molecule has 0 bridgehead atoms. The van der Waals surface area contributed by atoms with E-state index in [2.05, 4.69) is 15.9 Å². The first-order valence-electron chi connectivity index (χ1n) is 5.42. The first kappa shape index (κ1) is 14.4. The fourth-order valence-corrected chi connectivity index (χ4v) is 2.41. The van der Waals surface area contributed by atoms with Gasteiger partial charge in [-0.15, -0.1) is 0 Å². The quantitative estimate of drug-likeness (QED) is 0.716. The highest BCUT2D eigenvalue weighted by Gasteiger charge is 2.08. The summed E-state index contributed by atoms with van der Waals surface area (Å²) in [6.45, 7) is -0.0624. The maximum absolute atomic E-state index is 11.9. The fourth-order valence-electron chi connectivity index (χ4n) is 1.51. The molecule has 98 valence electrons. The molecule has 0 saturated heterocycles. The van der Waals surface area contributed by atoms with Crippen LogP contribution >= 0.6 is 39.1 Å². The van der Waals surface area contributed by atoms with Gasteiger partial charge in [-0.3, -0.25) is 4.79 Å². The molecule has 5 heteroatoms. The molecule has 0 saturated carbocycles. The molecule has 0 heterocycles. The molecule has 2 nitrogen and oxygen atoms in total. The summed E-state index contributed by atoms with van der Waals surface area (Å²) in [5.41, 5.74) is 0.586. The Bertz CT molecular complexity index is 594. The van der Waals surface area contributed by atoms with Gasteiger partial charge in [0.15, 0.2) is 12.4 Å². The fraction of sp³-hybridized carbons (Fsp3) is 0.0714. The summed E-state index contributed by atoms with van der Waals surface area (Å²) in [4.78, 5) is 11.9. The molecule has 0 aliphatic rings. The molecular weight excluding hydrogens is 351 g/mol. The Morgan fingerprint density at radius 3 is 2.42 bits per heavy atom. The zero-order valence-electron chi connectivity index (χ0n) is 9.70. The normalized spacial score (nSPS) is 10.3. The molecule has 0 amide bonds. The number of halogens is 3. The van der Waals surface area contributed by atoms with Crippen LogP contribution in [0.25, 0.3) is 0 Å². The van der Waals surface area contributed by atoms with Crippen LogP contribution in [0, 0.1) is 0 Å². The van der Waals surface area contributed by atoms with Crippen molar-refractivity contribution in [2.45, 2.75) is 0 Å². The minimum Gasteiger partial charge on any atom is -0.485 e. The van der Waals surface area contributed by atoms with Gasteiger partial charge in [0.05, 0.1) is 0 Å². The summed E-state index contributed by atoms with van der Waals surface area (Å²) in [5, 5.41) is 0.940. The topological polar surface area (TPSA) is 26.3 Å². The van der Waals surface area contributed by atoms with E-state index in [1.165, 1.54) is 0 Å². The average Bonchev–Trinajstić information content (AvgIpc) is 2.35. The van der Waals surface area contributed by atoms with E-state index in [4.69, 9.17) is 27.9 Å². The van der Waals surface area contributed by atoms with E-state index >= 15 is 0 Å². The smallest absolute Gasteiger partial charge is 0.200 e. The summed E-state index contributed by atoms with van der Waals surface area (Å²) in [6, 6.07) is 12.0. The van der Waals surface area contributed by atoms with Gasteiger partial charge in [-0.25, -0.2) is 0 Å². The Labute approximate surface area is 129 Å². The molecule has 0 fully saturated rings. The van der Waals surface area contributed by atoms with E-state index in [1.807, 2.05) is 6.07 Å². The van der Waals surface area contributed by atoms with Crippen molar-refractivity contribution in [3.05, 3.63) is 62.5 Å². The summed E-state index contributed by atoms with van der Waals surface area (Å²) in [6.07, 6.45) is 0. The lowest BCUT2D eigenvalue weighted by molar-refractivity contribution is 0.0921. The number of hydrogen-bond acceptors (Lipinski definition) is 2. The second kappa shape index (κ2) is 6.42. The zero-order valence-corrected chi connectivity index (χ0v) is 12.8. The van der Waals surface area contributed by atoms with Gasteiger partial charge in [0.2, 0.25) is 0 Å². The SMILES string of the molecule is O=C(COc1cc(Cl)cc(Cl)c1)c1cccc(Br)c1. The van der Waals surface area contributed by atoms with Crippen molar-refractivity contribution in [1.82, 2.24) is 0 Å². The number of carbonyl (C=O) groups excluding carboxylic acids is 1. The monoisotopic (exact) mass is 358 g/mol. The number of Topliss-reactive ketones (excluding diaryl/α,β-unsaturated/α-hetero) is 1. The van der Waals surface area contributed by atoms with Crippen molar-refractivity contribution in [2.75, 3.05) is 6.61 Å². The molecule has 2 aromatic carbocycles. The van der Waals surface area contributed by atoms with Gasteiger partial charge >= 0.3 is 0 Å². The predicted octanol–water partition coefficient (Wildman–Crippen LogP) is 5.02. The lowest BCUT2D eigenvalue weighted by Crippen LogP contribution is -2.11. The summed E-state index contributed by atoms with van der Waals surface area (Å²) < 4.78 is 6.24. The van der Waals surface area contributed by atoms with Crippen molar-refractivity contribution >= 4 is 44.9 Å². The standard InChI is InChI=1S/C14H9BrCl2O2/c15-10-3-1-2-9(4-10)14(18)8-19-13-6-11(16)5-12(17)7-13/h1-7H,8H2. The van der Waals surface area contributed by atoms with Crippen molar-refractivity contribution in [3.63, 3.8) is 0 Å². The second-order valence-electron chi connectivity index (χ2n) is 3.83. The van der Waals surface area contributed by atoms with Crippen LogP contribution in [-0.4, -0.2) is 12.4 Å². The van der Waals surface area contributed by atoms with Crippen LogP contribution in [0.5, 0.6) is 5.75 Å². The molecule has 0 atom stereocenters. The molecule has 0 aliphatic heterocycles. The summed E-state index contributed by atoms with van der Waals surface area (Å²) in [5.74, 6) is 0.359. The zero-order chi connectivity index (χ0) is 13.8. The van der Waals surface area contributed by atoms with Crippen LogP contribution in [0.2, 0.25) is 10.0 Å². The molecular formula is C14H9BrCl2O2. The predicted molar refractivity (Wildman–Crippen MR) is 80.4 cm³/mol. The Balaban J connectivity index is 2.04. The molecule has 0 spiro atoms. The highest BCUT2D eigenvalue weighted by Crippen LogP contribution is 2.24. The number of ether oxygens (including phenoxy) is 1. The Hall–Kier alpha value is -1.03. The maximum Gasteiger partial charge on any atom is 0.200 e. The molecule has 0 aromatic heterocycles. The first-order chi connectivity index (χ1) is 9.04. The van der Waals surface area contributed by atoms with E-state index < -0.39 is 0 Å². The number of carbonyl (C=O) groups is 1. The maximum atomic E-state index is 11.9. The van der Waals surface area contributed by atoms with E-state index in [0.717, 1.165) is 4.47 Å². The van der Waals surface area contributed by atoms with Crippen LogP contribution in [0.1, 0.15) is 10.4 Å². The van der Waals surface area contributed by atoms with E-state index in [-0.39, 0.29) is 12.4 Å². The molecule has 0 unspecified atom stereocenters. The third-order valence-corrected chi connectivity index (χ3v) is 3.28. The van der Waals surface area contributed by atoms with Crippen LogP contribution in [0.4, 0.5) is 0 Å². The molecule has 2 aromatic rings. The average molecular weight is 360 g/mol. The highest BCUT2D eigenvalue weighted by atomic mass is 79.9. The molecule has 19 heavy (non-hydrogen) atoms. The third kappa shape index (κ3) is 4.23. The van der Waals surface area contributed by atoms with Gasteiger partial charge in [0.1, 0.15) is 5.75 Å². The lowest BCUT2D eigenvalue weighted by Gasteiger charge is -2.07. The van der Waals surface area contributed by atoms with Crippen molar-refractivity contribution in [3.8, 4) is 5.75 Å². The molecule has 0 aliphatic carbocycles. The van der Waals surface area contributed by atoms with Crippen LogP contribution < -0.4 is 4.74 Å². The molecule has 0 radical (unpaired) electrons. The Kier molecular flexibility index (Phi) is 4.86. The van der Waals surface area contributed by atoms with Crippen molar-refractivity contribution in [1.29, 1.82) is 0 Å². The molecule has 2 rings (SSSR count). The molecule has 0 N–H and O–H groups in total. The van der Waals surface area contributed by atoms with E-state index in [0.29, 0.717) is 21.4 Å². The van der Waals surface area contributed by atoms with Crippen LogP contribution in [0.15, 0.2) is 46.9 Å². The second-order valence-corrected chi connectivity index (χ2v) is 5.62.